The lowest BCUT2D eigenvalue weighted by Crippen LogP contribution is -2.47. The Labute approximate surface area is 197 Å². The number of ether oxygens (including phenoxy) is 3. The van der Waals surface area contributed by atoms with Crippen molar-refractivity contribution in [1.29, 1.82) is 0 Å². The predicted molar refractivity (Wildman–Crippen MR) is 128 cm³/mol. The molecular formula is C27H36N2O4. The van der Waals surface area contributed by atoms with Crippen molar-refractivity contribution >= 4 is 0 Å². The van der Waals surface area contributed by atoms with Crippen molar-refractivity contribution in [1.82, 2.24) is 9.80 Å². The summed E-state index contributed by atoms with van der Waals surface area (Å²) >= 11 is 0. The zero-order valence-electron chi connectivity index (χ0n) is 19.6. The summed E-state index contributed by atoms with van der Waals surface area (Å²) in [6.07, 6.45) is 3.43. The molecule has 5 rings (SSSR count). The van der Waals surface area contributed by atoms with Gasteiger partial charge in [-0.15, -0.1) is 0 Å². The molecule has 6 nitrogen and oxygen atoms in total. The first-order valence-corrected chi connectivity index (χ1v) is 12.3. The van der Waals surface area contributed by atoms with Gasteiger partial charge in [0.1, 0.15) is 11.5 Å². The van der Waals surface area contributed by atoms with Crippen LogP contribution in [0.3, 0.4) is 0 Å². The van der Waals surface area contributed by atoms with E-state index in [1.54, 1.807) is 7.11 Å². The fourth-order valence-corrected chi connectivity index (χ4v) is 5.71. The van der Waals surface area contributed by atoms with E-state index in [2.05, 4.69) is 52.3 Å². The predicted octanol–water partition coefficient (Wildman–Crippen LogP) is 3.44. The molecule has 0 aromatic heterocycles. The summed E-state index contributed by atoms with van der Waals surface area (Å²) in [7, 11) is 1.72. The van der Waals surface area contributed by atoms with Crippen LogP contribution >= 0.6 is 0 Å². The van der Waals surface area contributed by atoms with Gasteiger partial charge < -0.3 is 19.3 Å². The molecule has 178 valence electrons. The van der Waals surface area contributed by atoms with Crippen LogP contribution in [-0.2, 0) is 4.74 Å². The quantitative estimate of drug-likeness (QED) is 0.620. The number of fused-ring (bicyclic) bond motifs is 3. The number of hydrogen-bond donors (Lipinski definition) is 1. The lowest BCUT2D eigenvalue weighted by molar-refractivity contribution is -0.0287. The summed E-state index contributed by atoms with van der Waals surface area (Å²) in [5.41, 5.74) is 4.22. The highest BCUT2D eigenvalue weighted by Crippen LogP contribution is 2.45. The minimum absolute atomic E-state index is 0.116. The Hall–Kier alpha value is -2.12. The Morgan fingerprint density at radius 3 is 2.73 bits per heavy atom. The van der Waals surface area contributed by atoms with Crippen molar-refractivity contribution in [3.8, 4) is 11.5 Å². The van der Waals surface area contributed by atoms with Crippen LogP contribution in [0, 0.1) is 0 Å². The molecule has 33 heavy (non-hydrogen) atoms. The van der Waals surface area contributed by atoms with Crippen LogP contribution in [0.4, 0.5) is 0 Å². The van der Waals surface area contributed by atoms with Gasteiger partial charge in [0.15, 0.2) is 0 Å². The van der Waals surface area contributed by atoms with Crippen molar-refractivity contribution in [2.75, 3.05) is 59.7 Å². The second-order valence-electron chi connectivity index (χ2n) is 9.42. The Kier molecular flexibility index (Phi) is 7.16. The Morgan fingerprint density at radius 2 is 1.91 bits per heavy atom. The second kappa shape index (κ2) is 10.4. The largest absolute Gasteiger partial charge is 0.497 e. The van der Waals surface area contributed by atoms with Gasteiger partial charge in [-0.25, -0.2) is 0 Å². The first-order chi connectivity index (χ1) is 16.3. The summed E-state index contributed by atoms with van der Waals surface area (Å²) in [5, 5.41) is 9.55. The fraction of sp³-hybridized carbons (Fsp3) is 0.556. The van der Waals surface area contributed by atoms with Gasteiger partial charge in [0.2, 0.25) is 0 Å². The van der Waals surface area contributed by atoms with Crippen molar-refractivity contribution in [2.45, 2.75) is 37.3 Å². The van der Waals surface area contributed by atoms with Crippen LogP contribution in [0.5, 0.6) is 11.5 Å². The third-order valence-corrected chi connectivity index (χ3v) is 7.51. The van der Waals surface area contributed by atoms with Gasteiger partial charge in [-0.2, -0.15) is 0 Å². The standard InChI is InChI=1S/C27H36N2O4/c1-31-22-7-5-20(6-8-22)26-17-29-11-2-4-27(29)25-16-23(9-10-24(25)26)33-14-3-12-28-13-15-32-19-21(28)18-30/h5-10,16,21,26-27,30H,2-4,11-15,17-19H2,1H3. The molecule has 2 aromatic rings. The third kappa shape index (κ3) is 4.90. The molecule has 0 radical (unpaired) electrons. The Balaban J connectivity index is 1.27. The van der Waals surface area contributed by atoms with Crippen LogP contribution in [0.25, 0.3) is 0 Å². The molecule has 3 unspecified atom stereocenters. The molecule has 6 heteroatoms. The van der Waals surface area contributed by atoms with Gasteiger partial charge >= 0.3 is 0 Å². The highest BCUT2D eigenvalue weighted by Gasteiger charge is 2.36. The van der Waals surface area contributed by atoms with E-state index in [9.17, 15) is 5.11 Å². The minimum Gasteiger partial charge on any atom is -0.497 e. The number of aliphatic hydroxyl groups is 1. The number of methoxy groups -OCH3 is 1. The van der Waals surface area contributed by atoms with Crippen LogP contribution in [0.15, 0.2) is 42.5 Å². The van der Waals surface area contributed by atoms with Crippen LogP contribution < -0.4 is 9.47 Å². The molecule has 0 spiro atoms. The van der Waals surface area contributed by atoms with E-state index in [1.165, 1.54) is 36.1 Å². The maximum Gasteiger partial charge on any atom is 0.119 e. The van der Waals surface area contributed by atoms with Crippen LogP contribution in [0.1, 0.15) is 47.9 Å². The van der Waals surface area contributed by atoms with Crippen LogP contribution in [0.2, 0.25) is 0 Å². The normalized spacial score (nSPS) is 25.5. The fourth-order valence-electron chi connectivity index (χ4n) is 5.71. The second-order valence-corrected chi connectivity index (χ2v) is 9.42. The molecule has 3 atom stereocenters. The molecule has 2 aromatic carbocycles. The van der Waals surface area contributed by atoms with Gasteiger partial charge in [0.05, 0.1) is 39.6 Å². The summed E-state index contributed by atoms with van der Waals surface area (Å²) in [6, 6.07) is 15.9. The van der Waals surface area contributed by atoms with Crippen LogP contribution in [-0.4, -0.2) is 80.7 Å². The number of benzene rings is 2. The zero-order chi connectivity index (χ0) is 22.6. The molecular weight excluding hydrogens is 416 g/mol. The number of hydrogen-bond acceptors (Lipinski definition) is 6. The SMILES string of the molecule is COc1ccc(C2CN3CCCC3c3cc(OCCCN4CCOCC4CO)ccc32)cc1. The van der Waals surface area contributed by atoms with Crippen molar-refractivity contribution in [3.63, 3.8) is 0 Å². The van der Waals surface area contributed by atoms with Gasteiger partial charge in [-0.05, 0) is 66.8 Å². The number of nitrogens with zero attached hydrogens (tertiary/aromatic N) is 2. The minimum atomic E-state index is 0.116. The van der Waals surface area contributed by atoms with E-state index in [0.29, 0.717) is 25.2 Å². The third-order valence-electron chi connectivity index (χ3n) is 7.51. The van der Waals surface area contributed by atoms with Gasteiger partial charge in [0.25, 0.3) is 0 Å². The smallest absolute Gasteiger partial charge is 0.119 e. The highest BCUT2D eigenvalue weighted by atomic mass is 16.5. The first kappa shape index (κ1) is 22.7. The van der Waals surface area contributed by atoms with E-state index in [1.807, 2.05) is 0 Å². The van der Waals surface area contributed by atoms with Crippen molar-refractivity contribution < 1.29 is 19.3 Å². The lowest BCUT2D eigenvalue weighted by atomic mass is 9.81. The lowest BCUT2D eigenvalue weighted by Gasteiger charge is -2.38. The Bertz CT molecular complexity index is 919. The molecule has 1 N–H and O–H groups in total. The summed E-state index contributed by atoms with van der Waals surface area (Å²) in [4.78, 5) is 4.96. The van der Waals surface area contributed by atoms with Gasteiger partial charge in [0, 0.05) is 31.6 Å². The monoisotopic (exact) mass is 452 g/mol. The van der Waals surface area contributed by atoms with E-state index in [4.69, 9.17) is 14.2 Å². The molecule has 2 fully saturated rings. The maximum absolute atomic E-state index is 9.55. The number of aliphatic hydroxyl groups excluding tert-OH is 1. The number of morpholine rings is 1. The molecule has 2 saturated heterocycles. The molecule has 0 bridgehead atoms. The molecule has 0 aliphatic carbocycles. The molecule has 3 aliphatic rings. The van der Waals surface area contributed by atoms with E-state index < -0.39 is 0 Å². The average molecular weight is 453 g/mol. The van der Waals surface area contributed by atoms with E-state index in [-0.39, 0.29) is 12.6 Å². The van der Waals surface area contributed by atoms with E-state index >= 15 is 0 Å². The molecule has 3 aliphatic heterocycles. The molecule has 0 saturated carbocycles. The zero-order valence-corrected chi connectivity index (χ0v) is 19.6. The summed E-state index contributed by atoms with van der Waals surface area (Å²) < 4.78 is 17.0. The van der Waals surface area contributed by atoms with Crippen molar-refractivity contribution in [2.24, 2.45) is 0 Å². The summed E-state index contributed by atoms with van der Waals surface area (Å²) in [6.45, 7) is 6.27. The molecule has 0 amide bonds. The molecule has 3 heterocycles. The topological polar surface area (TPSA) is 54.4 Å². The van der Waals surface area contributed by atoms with Crippen molar-refractivity contribution in [3.05, 3.63) is 59.2 Å². The van der Waals surface area contributed by atoms with Gasteiger partial charge in [-0.3, -0.25) is 9.80 Å². The summed E-state index contributed by atoms with van der Waals surface area (Å²) in [5.74, 6) is 2.25. The average Bonchev–Trinajstić information content (AvgIpc) is 3.35. The Morgan fingerprint density at radius 1 is 1.06 bits per heavy atom. The van der Waals surface area contributed by atoms with E-state index in [0.717, 1.165) is 44.2 Å². The maximum atomic E-state index is 9.55. The number of rotatable bonds is 8. The first-order valence-electron chi connectivity index (χ1n) is 12.3. The highest BCUT2D eigenvalue weighted by molar-refractivity contribution is 5.47. The van der Waals surface area contributed by atoms with Gasteiger partial charge in [-0.1, -0.05) is 18.2 Å².